The van der Waals surface area contributed by atoms with E-state index in [9.17, 15) is 13.6 Å². The highest BCUT2D eigenvalue weighted by Crippen LogP contribution is 2.24. The molecule has 82 valence electrons. The zero-order chi connectivity index (χ0) is 11.3. The molecule has 0 bridgehead atoms. The average molecular weight is 326 g/mol. The van der Waals surface area contributed by atoms with E-state index >= 15 is 0 Å². The molecule has 1 rings (SSSR count). The van der Waals surface area contributed by atoms with Gasteiger partial charge in [-0.2, -0.15) is 8.78 Å². The molecule has 0 radical (unpaired) electrons. The number of carbonyl (C=O) groups excluding carboxylic acids is 1. The van der Waals surface area contributed by atoms with Crippen LogP contribution in [0.4, 0.5) is 8.78 Å². The number of hydrogen-bond donors (Lipinski definition) is 0. The fraction of sp³-hybridized carbons (Fsp3) is 0.300. The number of carbonyl (C=O) groups is 1. The first kappa shape index (κ1) is 12.4. The highest BCUT2D eigenvalue weighted by Gasteiger charge is 2.09. The highest BCUT2D eigenvalue weighted by atomic mass is 127. The first-order valence-corrected chi connectivity index (χ1v) is 5.38. The molecule has 0 saturated carbocycles. The Bertz CT molecular complexity index is 342. The van der Waals surface area contributed by atoms with Gasteiger partial charge < -0.3 is 9.53 Å². The van der Waals surface area contributed by atoms with Crippen LogP contribution in [0.1, 0.15) is 12.0 Å². The summed E-state index contributed by atoms with van der Waals surface area (Å²) in [6.45, 7) is -2.83. The Kier molecular flexibility index (Phi) is 4.93. The van der Waals surface area contributed by atoms with Crippen molar-refractivity contribution in [2.45, 2.75) is 19.5 Å². The van der Waals surface area contributed by atoms with Crippen LogP contribution in [0.3, 0.4) is 0 Å². The molecule has 0 saturated heterocycles. The van der Waals surface area contributed by atoms with Gasteiger partial charge in [0.2, 0.25) is 0 Å². The van der Waals surface area contributed by atoms with Gasteiger partial charge in [0.05, 0.1) is 0 Å². The molecule has 0 spiro atoms. The van der Waals surface area contributed by atoms with Gasteiger partial charge >= 0.3 is 6.61 Å². The number of alkyl halides is 2. The van der Waals surface area contributed by atoms with Crippen molar-refractivity contribution in [1.29, 1.82) is 0 Å². The van der Waals surface area contributed by atoms with Crippen molar-refractivity contribution >= 4 is 28.9 Å². The summed E-state index contributed by atoms with van der Waals surface area (Å²) in [5.41, 5.74) is 0.634. The predicted octanol–water partition coefficient (Wildman–Crippen LogP) is 3.02. The number of hydrogen-bond acceptors (Lipinski definition) is 2. The fourth-order valence-electron chi connectivity index (χ4n) is 1.17. The molecule has 0 fully saturated rings. The van der Waals surface area contributed by atoms with Crippen molar-refractivity contribution < 1.29 is 18.3 Å². The molecule has 0 heterocycles. The fourth-order valence-corrected chi connectivity index (χ4v) is 1.72. The van der Waals surface area contributed by atoms with Gasteiger partial charge in [0.1, 0.15) is 12.0 Å². The maximum absolute atomic E-state index is 12.0. The van der Waals surface area contributed by atoms with E-state index in [4.69, 9.17) is 0 Å². The molecule has 0 amide bonds. The second-order valence-corrected chi connectivity index (χ2v) is 4.08. The Morgan fingerprint density at radius 3 is 2.80 bits per heavy atom. The lowest BCUT2D eigenvalue weighted by Gasteiger charge is -2.09. The lowest BCUT2D eigenvalue weighted by molar-refractivity contribution is -0.107. The molecule has 0 aliphatic carbocycles. The second kappa shape index (κ2) is 5.99. The standard InChI is InChI=1S/C10H9F2IO2/c11-10(12)15-9-4-3-8(13)6-7(9)2-1-5-14/h3-6,10H,1-2H2. The summed E-state index contributed by atoms with van der Waals surface area (Å²) in [4.78, 5) is 10.2. The maximum Gasteiger partial charge on any atom is 0.387 e. The number of aldehydes is 1. The first-order chi connectivity index (χ1) is 7.13. The smallest absolute Gasteiger partial charge is 0.387 e. The number of ether oxygens (including phenoxy) is 1. The molecule has 0 N–H and O–H groups in total. The summed E-state index contributed by atoms with van der Waals surface area (Å²) >= 11 is 2.08. The molecule has 0 unspecified atom stereocenters. The summed E-state index contributed by atoms with van der Waals surface area (Å²) in [7, 11) is 0. The van der Waals surface area contributed by atoms with Gasteiger partial charge in [0, 0.05) is 9.99 Å². The van der Waals surface area contributed by atoms with Crippen LogP contribution in [-0.4, -0.2) is 12.9 Å². The molecule has 2 nitrogen and oxygen atoms in total. The van der Waals surface area contributed by atoms with Crippen LogP contribution < -0.4 is 4.74 Å². The number of rotatable bonds is 5. The number of benzene rings is 1. The molecular weight excluding hydrogens is 317 g/mol. The molecule has 0 atom stereocenters. The van der Waals surface area contributed by atoms with Gasteiger partial charge in [-0.15, -0.1) is 0 Å². The van der Waals surface area contributed by atoms with E-state index < -0.39 is 6.61 Å². The van der Waals surface area contributed by atoms with E-state index in [2.05, 4.69) is 27.3 Å². The molecule has 1 aromatic carbocycles. The van der Waals surface area contributed by atoms with Crippen LogP contribution in [0.25, 0.3) is 0 Å². The van der Waals surface area contributed by atoms with Crippen LogP contribution in [0.2, 0.25) is 0 Å². The molecule has 1 aromatic rings. The van der Waals surface area contributed by atoms with Crippen LogP contribution >= 0.6 is 22.6 Å². The SMILES string of the molecule is O=CCCc1cc(I)ccc1OC(F)F. The van der Waals surface area contributed by atoms with Crippen molar-refractivity contribution in [1.82, 2.24) is 0 Å². The monoisotopic (exact) mass is 326 g/mol. The number of halogens is 3. The van der Waals surface area contributed by atoms with E-state index in [1.165, 1.54) is 6.07 Å². The average Bonchev–Trinajstić information content (AvgIpc) is 2.18. The number of aryl methyl sites for hydroxylation is 1. The topological polar surface area (TPSA) is 26.3 Å². The van der Waals surface area contributed by atoms with Crippen LogP contribution in [-0.2, 0) is 11.2 Å². The normalized spacial score (nSPS) is 10.4. The minimum absolute atomic E-state index is 0.146. The molecule has 0 aromatic heterocycles. The van der Waals surface area contributed by atoms with Crippen molar-refractivity contribution in [2.75, 3.05) is 0 Å². The van der Waals surface area contributed by atoms with Gasteiger partial charge in [-0.3, -0.25) is 0 Å². The van der Waals surface area contributed by atoms with E-state index in [-0.39, 0.29) is 5.75 Å². The summed E-state index contributed by atoms with van der Waals surface area (Å²) < 4.78 is 29.3. The molecule has 0 aliphatic heterocycles. The van der Waals surface area contributed by atoms with Crippen LogP contribution in [0, 0.1) is 3.57 Å². The Hall–Kier alpha value is -0.720. The van der Waals surface area contributed by atoms with Crippen molar-refractivity contribution in [2.24, 2.45) is 0 Å². The molecule has 0 aliphatic rings. The summed E-state index contributed by atoms with van der Waals surface area (Å²) in [6.07, 6.45) is 1.48. The Morgan fingerprint density at radius 2 is 2.20 bits per heavy atom. The van der Waals surface area contributed by atoms with E-state index in [1.807, 2.05) is 0 Å². The Labute approximate surface area is 99.8 Å². The van der Waals surface area contributed by atoms with Crippen LogP contribution in [0.5, 0.6) is 5.75 Å². The maximum atomic E-state index is 12.0. The third kappa shape index (κ3) is 4.11. The van der Waals surface area contributed by atoms with Gasteiger partial charge in [0.15, 0.2) is 0 Å². The second-order valence-electron chi connectivity index (χ2n) is 2.84. The first-order valence-electron chi connectivity index (χ1n) is 4.30. The molecular formula is C10H9F2IO2. The summed E-state index contributed by atoms with van der Waals surface area (Å²) in [6, 6.07) is 4.92. The highest BCUT2D eigenvalue weighted by molar-refractivity contribution is 14.1. The van der Waals surface area contributed by atoms with Crippen molar-refractivity contribution in [3.05, 3.63) is 27.3 Å². The summed E-state index contributed by atoms with van der Waals surface area (Å²) in [5, 5.41) is 0. The Morgan fingerprint density at radius 1 is 1.47 bits per heavy atom. The van der Waals surface area contributed by atoms with E-state index in [0.29, 0.717) is 18.4 Å². The van der Waals surface area contributed by atoms with E-state index in [0.717, 1.165) is 9.86 Å². The minimum atomic E-state index is -2.83. The largest absolute Gasteiger partial charge is 0.435 e. The zero-order valence-electron chi connectivity index (χ0n) is 7.75. The quantitative estimate of drug-likeness (QED) is 0.614. The third-order valence-electron chi connectivity index (χ3n) is 1.77. The summed E-state index contributed by atoms with van der Waals surface area (Å²) in [5.74, 6) is 0.146. The van der Waals surface area contributed by atoms with Gasteiger partial charge in [0.25, 0.3) is 0 Å². The van der Waals surface area contributed by atoms with Gasteiger partial charge in [-0.25, -0.2) is 0 Å². The molecule has 5 heteroatoms. The molecule has 15 heavy (non-hydrogen) atoms. The zero-order valence-corrected chi connectivity index (χ0v) is 9.91. The van der Waals surface area contributed by atoms with Gasteiger partial charge in [-0.1, -0.05) is 0 Å². The lowest BCUT2D eigenvalue weighted by atomic mass is 10.1. The van der Waals surface area contributed by atoms with Crippen LogP contribution in [0.15, 0.2) is 18.2 Å². The predicted molar refractivity (Wildman–Crippen MR) is 60.2 cm³/mol. The lowest BCUT2D eigenvalue weighted by Crippen LogP contribution is -2.04. The third-order valence-corrected chi connectivity index (χ3v) is 2.44. The van der Waals surface area contributed by atoms with Crippen molar-refractivity contribution in [3.8, 4) is 5.75 Å². The van der Waals surface area contributed by atoms with E-state index in [1.54, 1.807) is 12.1 Å². The van der Waals surface area contributed by atoms with Gasteiger partial charge in [-0.05, 0) is 52.8 Å². The van der Waals surface area contributed by atoms with Crippen molar-refractivity contribution in [3.63, 3.8) is 0 Å². The Balaban J connectivity index is 2.86. The minimum Gasteiger partial charge on any atom is -0.435 e.